The molecule has 10 nitrogen and oxygen atoms in total. The second kappa shape index (κ2) is 13.5. The molecule has 0 bridgehead atoms. The third-order valence-electron chi connectivity index (χ3n) is 9.64. The maximum atomic E-state index is 13.8. The maximum Gasteiger partial charge on any atom is 0.229 e. The first-order valence-electron chi connectivity index (χ1n) is 15.9. The van der Waals surface area contributed by atoms with Crippen molar-refractivity contribution in [2.45, 2.75) is 68.6 Å². The normalized spacial score (nSPS) is 21.9. The fourth-order valence-corrected chi connectivity index (χ4v) is 8.03. The third kappa shape index (κ3) is 7.18. The molecular weight excluding hydrogens is 598 g/mol. The van der Waals surface area contributed by atoms with E-state index in [2.05, 4.69) is 21.5 Å². The van der Waals surface area contributed by atoms with Gasteiger partial charge in [0.1, 0.15) is 21.7 Å². The predicted octanol–water partition coefficient (Wildman–Crippen LogP) is 4.88. The lowest BCUT2D eigenvalue weighted by molar-refractivity contribution is -0.124. The largest absolute Gasteiger partial charge is 0.351 e. The van der Waals surface area contributed by atoms with E-state index in [0.29, 0.717) is 48.8 Å². The standard InChI is InChI=1S/C35H39N7O3S/c1-42-22-29(21-40-42)26-12-13-31(37-19-26)33(35(43)39-18-24-6-4-3-5-7-24)25-10-8-23(9-11-25)14-32-38-20-28(17-36)34(41-32)27-15-30(16-27)46(2,44)45/h3-7,12-13,19-23,25,27,30,33H,8-11,14-16,18H2,1-2H3,(H,39,43)/t23-,25-,27?,30?,33?. The van der Waals surface area contributed by atoms with Crippen molar-refractivity contribution in [3.05, 3.63) is 95.6 Å². The Kier molecular flexibility index (Phi) is 9.27. The van der Waals surface area contributed by atoms with Gasteiger partial charge in [0.2, 0.25) is 5.91 Å². The Balaban J connectivity index is 1.14. The third-order valence-corrected chi connectivity index (χ3v) is 11.2. The molecule has 1 atom stereocenters. The Morgan fingerprint density at radius 1 is 1.02 bits per heavy atom. The van der Waals surface area contributed by atoms with E-state index < -0.39 is 9.84 Å². The zero-order chi connectivity index (χ0) is 32.3. The summed E-state index contributed by atoms with van der Waals surface area (Å²) in [6, 6.07) is 16.1. The lowest BCUT2D eigenvalue weighted by Gasteiger charge is -2.34. The minimum absolute atomic E-state index is 0.0121. The van der Waals surface area contributed by atoms with Crippen molar-refractivity contribution in [1.82, 2.24) is 30.0 Å². The highest BCUT2D eigenvalue weighted by Crippen LogP contribution is 2.42. The molecule has 46 heavy (non-hydrogen) atoms. The highest BCUT2D eigenvalue weighted by atomic mass is 32.2. The van der Waals surface area contributed by atoms with Crippen LogP contribution in [0.5, 0.6) is 0 Å². The van der Waals surface area contributed by atoms with Crippen LogP contribution in [0.1, 0.15) is 78.7 Å². The van der Waals surface area contributed by atoms with Gasteiger partial charge in [-0.1, -0.05) is 36.4 Å². The fourth-order valence-electron chi connectivity index (χ4n) is 6.87. The Labute approximate surface area is 270 Å². The Bertz CT molecular complexity index is 1820. The Hall–Kier alpha value is -4.43. The van der Waals surface area contributed by atoms with Crippen LogP contribution >= 0.6 is 0 Å². The number of nitrogens with zero attached hydrogens (tertiary/aromatic N) is 6. The van der Waals surface area contributed by atoms with Gasteiger partial charge in [0, 0.05) is 61.9 Å². The van der Waals surface area contributed by atoms with Gasteiger partial charge in [-0.2, -0.15) is 10.4 Å². The first kappa shape index (κ1) is 31.5. The number of benzene rings is 1. The van der Waals surface area contributed by atoms with Gasteiger partial charge in [0.25, 0.3) is 0 Å². The molecule has 11 heteroatoms. The second-order valence-corrected chi connectivity index (χ2v) is 15.2. The van der Waals surface area contributed by atoms with Crippen LogP contribution in [0.15, 0.2) is 67.3 Å². The summed E-state index contributed by atoms with van der Waals surface area (Å²) in [6.45, 7) is 0.462. The summed E-state index contributed by atoms with van der Waals surface area (Å²) >= 11 is 0. The molecular formula is C35H39N7O3S. The summed E-state index contributed by atoms with van der Waals surface area (Å²) < 4.78 is 25.6. The van der Waals surface area contributed by atoms with Crippen molar-refractivity contribution < 1.29 is 13.2 Å². The summed E-state index contributed by atoms with van der Waals surface area (Å²) in [4.78, 5) is 27.9. The molecule has 3 aromatic heterocycles. The van der Waals surface area contributed by atoms with Crippen LogP contribution in [0.3, 0.4) is 0 Å². The predicted molar refractivity (Wildman–Crippen MR) is 174 cm³/mol. The highest BCUT2D eigenvalue weighted by molar-refractivity contribution is 7.91. The number of hydrogen-bond acceptors (Lipinski definition) is 8. The van der Waals surface area contributed by atoms with Crippen LogP contribution in [-0.4, -0.2) is 50.6 Å². The molecule has 2 fully saturated rings. The average Bonchev–Trinajstić information content (AvgIpc) is 3.47. The summed E-state index contributed by atoms with van der Waals surface area (Å²) in [5.74, 6) is 0.790. The number of pyridine rings is 1. The van der Waals surface area contributed by atoms with Crippen molar-refractivity contribution in [3.63, 3.8) is 0 Å². The molecule has 6 rings (SSSR count). The second-order valence-electron chi connectivity index (χ2n) is 12.9. The SMILES string of the molecule is Cn1cc(-c2ccc(C(C(=O)NCc3ccccc3)[C@H]3CC[C@H](Cc4ncc(C#N)c(C5CC(S(C)(=O)=O)C5)n4)CC3)nc2)cn1. The maximum absolute atomic E-state index is 13.8. The van der Waals surface area contributed by atoms with Crippen molar-refractivity contribution in [2.75, 3.05) is 6.26 Å². The number of carbonyl (C=O) groups excluding carboxylic acids is 1. The van der Waals surface area contributed by atoms with E-state index in [4.69, 9.17) is 9.97 Å². The van der Waals surface area contributed by atoms with Crippen LogP contribution in [0.2, 0.25) is 0 Å². The molecule has 1 N–H and O–H groups in total. The number of aromatic nitrogens is 5. The summed E-state index contributed by atoms with van der Waals surface area (Å²) in [6.07, 6.45) is 13.7. The lowest BCUT2D eigenvalue weighted by Crippen LogP contribution is -2.35. The number of carbonyl (C=O) groups is 1. The van der Waals surface area contributed by atoms with Gasteiger partial charge in [-0.3, -0.25) is 14.5 Å². The van der Waals surface area contributed by atoms with Gasteiger partial charge in [-0.05, 0) is 62.0 Å². The van der Waals surface area contributed by atoms with E-state index >= 15 is 0 Å². The number of nitriles is 1. The minimum Gasteiger partial charge on any atom is -0.351 e. The molecule has 0 spiro atoms. The minimum atomic E-state index is -3.09. The number of aryl methyl sites for hydroxylation is 1. The van der Waals surface area contributed by atoms with E-state index in [1.165, 1.54) is 6.26 Å². The molecule has 0 aliphatic heterocycles. The van der Waals surface area contributed by atoms with Crippen molar-refractivity contribution in [2.24, 2.45) is 18.9 Å². The summed E-state index contributed by atoms with van der Waals surface area (Å²) in [5, 5.41) is 16.7. The number of amides is 1. The monoisotopic (exact) mass is 637 g/mol. The molecule has 3 heterocycles. The van der Waals surface area contributed by atoms with E-state index in [1.807, 2.05) is 61.9 Å². The van der Waals surface area contributed by atoms with Gasteiger partial charge in [-0.25, -0.2) is 18.4 Å². The van der Waals surface area contributed by atoms with Crippen LogP contribution in [-0.2, 0) is 34.6 Å². The molecule has 0 radical (unpaired) electrons. The summed E-state index contributed by atoms with van der Waals surface area (Å²) in [5.41, 5.74) is 4.86. The first-order valence-corrected chi connectivity index (χ1v) is 17.8. The Morgan fingerprint density at radius 3 is 2.41 bits per heavy atom. The number of rotatable bonds is 10. The molecule has 2 aliphatic carbocycles. The van der Waals surface area contributed by atoms with Crippen molar-refractivity contribution >= 4 is 15.7 Å². The number of nitrogens with one attached hydrogen (secondary N) is 1. The van der Waals surface area contributed by atoms with Gasteiger partial charge in [-0.15, -0.1) is 0 Å². The van der Waals surface area contributed by atoms with E-state index in [1.54, 1.807) is 17.1 Å². The summed E-state index contributed by atoms with van der Waals surface area (Å²) in [7, 11) is -1.21. The Morgan fingerprint density at radius 2 is 1.78 bits per heavy atom. The quantitative estimate of drug-likeness (QED) is 0.259. The van der Waals surface area contributed by atoms with Crippen LogP contribution in [0.25, 0.3) is 11.1 Å². The number of sulfone groups is 1. The van der Waals surface area contributed by atoms with E-state index in [9.17, 15) is 18.5 Å². The molecule has 1 unspecified atom stereocenters. The zero-order valence-electron chi connectivity index (χ0n) is 26.2. The average molecular weight is 638 g/mol. The van der Waals surface area contributed by atoms with Crippen LogP contribution < -0.4 is 5.32 Å². The first-order chi connectivity index (χ1) is 22.2. The lowest BCUT2D eigenvalue weighted by atomic mass is 9.73. The van der Waals surface area contributed by atoms with Gasteiger partial charge in [0.15, 0.2) is 0 Å². The smallest absolute Gasteiger partial charge is 0.229 e. The van der Waals surface area contributed by atoms with E-state index in [-0.39, 0.29) is 28.9 Å². The van der Waals surface area contributed by atoms with Crippen molar-refractivity contribution in [3.8, 4) is 17.2 Å². The van der Waals surface area contributed by atoms with Crippen LogP contribution in [0.4, 0.5) is 0 Å². The van der Waals surface area contributed by atoms with Crippen LogP contribution in [0, 0.1) is 23.2 Å². The van der Waals surface area contributed by atoms with E-state index in [0.717, 1.165) is 48.1 Å². The molecule has 1 amide bonds. The molecule has 2 saturated carbocycles. The topological polar surface area (TPSA) is 144 Å². The number of hydrogen-bond donors (Lipinski definition) is 1. The molecule has 0 saturated heterocycles. The molecule has 2 aliphatic rings. The molecule has 4 aromatic rings. The highest BCUT2D eigenvalue weighted by Gasteiger charge is 2.39. The van der Waals surface area contributed by atoms with Gasteiger partial charge < -0.3 is 5.32 Å². The zero-order valence-corrected chi connectivity index (χ0v) is 27.0. The van der Waals surface area contributed by atoms with Crippen molar-refractivity contribution in [1.29, 1.82) is 5.26 Å². The van der Waals surface area contributed by atoms with Gasteiger partial charge in [0.05, 0.1) is 34.3 Å². The molecule has 238 valence electrons. The van der Waals surface area contributed by atoms with Gasteiger partial charge >= 0.3 is 0 Å². The molecule has 1 aromatic carbocycles. The fraction of sp³-hybridized carbons (Fsp3) is 0.429.